The molecule has 0 saturated carbocycles. The molecule has 8 heteroatoms. The first kappa shape index (κ1) is 13.8. The van der Waals surface area contributed by atoms with E-state index in [2.05, 4.69) is 20.4 Å². The monoisotopic (exact) mass is 278 g/mol. The summed E-state index contributed by atoms with van der Waals surface area (Å²) in [5.41, 5.74) is 1.33. The van der Waals surface area contributed by atoms with E-state index in [1.807, 2.05) is 0 Å². The van der Waals surface area contributed by atoms with Crippen molar-refractivity contribution in [2.45, 2.75) is 20.3 Å². The highest BCUT2D eigenvalue weighted by Crippen LogP contribution is 2.17. The van der Waals surface area contributed by atoms with Crippen LogP contribution in [-0.4, -0.2) is 38.7 Å². The summed E-state index contributed by atoms with van der Waals surface area (Å²) in [7, 11) is 0. The lowest BCUT2D eigenvalue weighted by Crippen LogP contribution is -2.26. The first-order valence-electron chi connectivity index (χ1n) is 5.97. The van der Waals surface area contributed by atoms with E-state index in [1.54, 1.807) is 13.8 Å². The van der Waals surface area contributed by atoms with Crippen molar-refractivity contribution >= 4 is 11.9 Å². The summed E-state index contributed by atoms with van der Waals surface area (Å²) in [5.74, 6) is -0.988. The number of amides is 1. The molecule has 20 heavy (non-hydrogen) atoms. The number of carbonyl (C=O) groups excluding carboxylic acids is 1. The van der Waals surface area contributed by atoms with Crippen molar-refractivity contribution in [2.75, 3.05) is 6.54 Å². The molecular formula is C12H14N4O4. The smallest absolute Gasteiger partial charge is 0.352 e. The normalized spacial score (nSPS) is 10.5. The van der Waals surface area contributed by atoms with Crippen LogP contribution in [0.15, 0.2) is 10.9 Å². The van der Waals surface area contributed by atoms with Gasteiger partial charge in [0.2, 0.25) is 5.89 Å². The number of nitrogens with zero attached hydrogens (tertiary/aromatic N) is 2. The largest absolute Gasteiger partial charge is 0.477 e. The minimum absolute atomic E-state index is 0.0320. The lowest BCUT2D eigenvalue weighted by atomic mass is 10.1. The fraction of sp³-hybridized carbons (Fsp3) is 0.333. The topological polar surface area (TPSA) is 121 Å². The molecule has 0 saturated heterocycles. The summed E-state index contributed by atoms with van der Waals surface area (Å²) in [5, 5.41) is 15.1. The molecule has 2 aromatic rings. The third-order valence-corrected chi connectivity index (χ3v) is 2.91. The van der Waals surface area contributed by atoms with Crippen LogP contribution < -0.4 is 5.32 Å². The molecule has 0 bridgehead atoms. The summed E-state index contributed by atoms with van der Waals surface area (Å²) in [6, 6.07) is 0. The van der Waals surface area contributed by atoms with E-state index < -0.39 is 5.97 Å². The molecule has 0 spiro atoms. The Morgan fingerprint density at radius 3 is 2.75 bits per heavy atom. The second kappa shape index (κ2) is 5.55. The number of aromatic nitrogens is 3. The van der Waals surface area contributed by atoms with Gasteiger partial charge in [0.15, 0.2) is 6.33 Å². The molecule has 106 valence electrons. The molecule has 8 nitrogen and oxygen atoms in total. The number of hydrogen-bond donors (Lipinski definition) is 3. The number of aromatic carboxylic acids is 1. The number of aryl methyl sites for hydroxylation is 1. The van der Waals surface area contributed by atoms with Gasteiger partial charge in [-0.05, 0) is 19.4 Å². The molecule has 0 fully saturated rings. The fourth-order valence-corrected chi connectivity index (χ4v) is 1.98. The third-order valence-electron chi connectivity index (χ3n) is 2.91. The Bertz CT molecular complexity index is 630. The van der Waals surface area contributed by atoms with Crippen molar-refractivity contribution in [3.63, 3.8) is 0 Å². The van der Waals surface area contributed by atoms with Crippen molar-refractivity contribution < 1.29 is 19.2 Å². The molecule has 0 atom stereocenters. The van der Waals surface area contributed by atoms with E-state index in [-0.39, 0.29) is 11.6 Å². The van der Waals surface area contributed by atoms with E-state index in [9.17, 15) is 9.59 Å². The Morgan fingerprint density at radius 2 is 2.20 bits per heavy atom. The Labute approximate surface area is 114 Å². The molecule has 0 aliphatic heterocycles. The number of aromatic amines is 1. The van der Waals surface area contributed by atoms with Gasteiger partial charge < -0.3 is 19.9 Å². The van der Waals surface area contributed by atoms with Crippen LogP contribution in [0.5, 0.6) is 0 Å². The van der Waals surface area contributed by atoms with Crippen LogP contribution in [-0.2, 0) is 6.42 Å². The lowest BCUT2D eigenvalue weighted by Gasteiger charge is -2.04. The summed E-state index contributed by atoms with van der Waals surface area (Å²) in [6.07, 6.45) is 1.71. The van der Waals surface area contributed by atoms with Crippen molar-refractivity contribution in [2.24, 2.45) is 0 Å². The second-order valence-electron chi connectivity index (χ2n) is 4.27. The van der Waals surface area contributed by atoms with E-state index >= 15 is 0 Å². The summed E-state index contributed by atoms with van der Waals surface area (Å²) in [6.45, 7) is 3.58. The average Bonchev–Trinajstić information content (AvgIpc) is 2.97. The van der Waals surface area contributed by atoms with Gasteiger partial charge in [-0.3, -0.25) is 4.79 Å². The van der Waals surface area contributed by atoms with Crippen molar-refractivity contribution in [1.29, 1.82) is 0 Å². The van der Waals surface area contributed by atoms with Crippen LogP contribution in [0.1, 0.15) is 38.0 Å². The molecule has 0 aliphatic rings. The molecule has 2 aromatic heterocycles. The second-order valence-corrected chi connectivity index (χ2v) is 4.27. The third kappa shape index (κ3) is 2.68. The zero-order valence-corrected chi connectivity index (χ0v) is 11.1. The minimum atomic E-state index is -1.09. The number of carboxylic acid groups (broad SMARTS) is 1. The molecule has 0 aliphatic carbocycles. The van der Waals surface area contributed by atoms with E-state index in [1.165, 1.54) is 6.33 Å². The number of carboxylic acids is 1. The molecular weight excluding hydrogens is 264 g/mol. The average molecular weight is 278 g/mol. The minimum Gasteiger partial charge on any atom is -0.477 e. The van der Waals surface area contributed by atoms with Crippen LogP contribution in [0.3, 0.4) is 0 Å². The molecule has 3 N–H and O–H groups in total. The predicted octanol–water partition coefficient (Wildman–Crippen LogP) is 0.685. The van der Waals surface area contributed by atoms with Crippen molar-refractivity contribution in [1.82, 2.24) is 20.4 Å². The zero-order chi connectivity index (χ0) is 14.7. The van der Waals surface area contributed by atoms with Crippen LogP contribution in [0.2, 0.25) is 0 Å². The highest BCUT2D eigenvalue weighted by molar-refractivity contribution is 6.00. The highest BCUT2D eigenvalue weighted by atomic mass is 16.5. The summed E-state index contributed by atoms with van der Waals surface area (Å²) < 4.78 is 4.81. The van der Waals surface area contributed by atoms with Crippen LogP contribution in [0.4, 0.5) is 0 Å². The van der Waals surface area contributed by atoms with Crippen LogP contribution in [0.25, 0.3) is 0 Å². The molecule has 2 heterocycles. The quantitative estimate of drug-likeness (QED) is 0.739. The molecule has 0 aromatic carbocycles. The summed E-state index contributed by atoms with van der Waals surface area (Å²) >= 11 is 0. The molecule has 0 radical (unpaired) electrons. The first-order chi connectivity index (χ1) is 9.50. The number of H-pyrrole nitrogens is 1. The maximum Gasteiger partial charge on any atom is 0.352 e. The Morgan fingerprint density at radius 1 is 1.45 bits per heavy atom. The van der Waals surface area contributed by atoms with Gasteiger partial charge in [-0.1, -0.05) is 5.16 Å². The lowest BCUT2D eigenvalue weighted by molar-refractivity contribution is 0.0690. The first-order valence-corrected chi connectivity index (χ1v) is 5.97. The maximum atomic E-state index is 12.1. The van der Waals surface area contributed by atoms with Crippen molar-refractivity contribution in [3.05, 3.63) is 34.7 Å². The van der Waals surface area contributed by atoms with Gasteiger partial charge in [-0.2, -0.15) is 4.98 Å². The summed E-state index contributed by atoms with van der Waals surface area (Å²) in [4.78, 5) is 29.6. The number of carbonyl (C=O) groups is 2. The number of nitrogens with one attached hydrogen (secondary N) is 2. The Balaban J connectivity index is 2.04. The van der Waals surface area contributed by atoms with E-state index in [0.29, 0.717) is 35.7 Å². The van der Waals surface area contributed by atoms with Gasteiger partial charge in [0.05, 0.1) is 5.56 Å². The Kier molecular flexibility index (Phi) is 3.83. The van der Waals surface area contributed by atoms with Gasteiger partial charge in [-0.15, -0.1) is 0 Å². The fourth-order valence-electron chi connectivity index (χ4n) is 1.98. The molecule has 0 unspecified atom stereocenters. The van der Waals surface area contributed by atoms with E-state index in [4.69, 9.17) is 9.63 Å². The number of rotatable bonds is 5. The highest BCUT2D eigenvalue weighted by Gasteiger charge is 2.21. The van der Waals surface area contributed by atoms with Crippen LogP contribution in [0, 0.1) is 13.8 Å². The van der Waals surface area contributed by atoms with Crippen molar-refractivity contribution in [3.8, 4) is 0 Å². The van der Waals surface area contributed by atoms with Gasteiger partial charge in [0, 0.05) is 18.7 Å². The maximum absolute atomic E-state index is 12.1. The standard InChI is InChI=1S/C12H14N4O4/c1-6-9(7(2)16-10(6)12(18)19)11(17)13-4-3-8-14-5-15-20-8/h5,16H,3-4H2,1-2H3,(H,13,17)(H,18,19). The zero-order valence-electron chi connectivity index (χ0n) is 11.1. The van der Waals surface area contributed by atoms with E-state index in [0.717, 1.165) is 0 Å². The molecule has 1 amide bonds. The SMILES string of the molecule is Cc1[nH]c(C(=O)O)c(C)c1C(=O)NCCc1ncno1. The predicted molar refractivity (Wildman–Crippen MR) is 67.6 cm³/mol. The van der Waals surface area contributed by atoms with Gasteiger partial charge in [-0.25, -0.2) is 4.79 Å². The molecule has 2 rings (SSSR count). The van der Waals surface area contributed by atoms with Gasteiger partial charge in [0.1, 0.15) is 5.69 Å². The Hall–Kier alpha value is -2.64. The van der Waals surface area contributed by atoms with Gasteiger partial charge in [0.25, 0.3) is 5.91 Å². The van der Waals surface area contributed by atoms with Crippen LogP contribution >= 0.6 is 0 Å². The van der Waals surface area contributed by atoms with Gasteiger partial charge >= 0.3 is 5.97 Å². The number of hydrogen-bond acceptors (Lipinski definition) is 5.